The van der Waals surface area contributed by atoms with Gasteiger partial charge >= 0.3 is 0 Å². The molecule has 1 atom stereocenters. The number of carbonyl (C=O) groups excluding carboxylic acids is 2. The van der Waals surface area contributed by atoms with Gasteiger partial charge in [0.2, 0.25) is 11.8 Å². The van der Waals surface area contributed by atoms with Crippen LogP contribution in [0.4, 0.5) is 15.8 Å². The summed E-state index contributed by atoms with van der Waals surface area (Å²) in [6, 6.07) is 22.3. The first-order valence-electron chi connectivity index (χ1n) is 10.3. The summed E-state index contributed by atoms with van der Waals surface area (Å²) in [5.74, 6) is -0.155. The number of rotatable bonds is 7. The summed E-state index contributed by atoms with van der Waals surface area (Å²) in [7, 11) is 1.60. The molecule has 1 aliphatic rings. The number of methoxy groups -OCH3 is 1. The zero-order chi connectivity index (χ0) is 23.2. The van der Waals surface area contributed by atoms with Crippen LogP contribution in [0.25, 0.3) is 0 Å². The van der Waals surface area contributed by atoms with Crippen molar-refractivity contribution in [3.8, 4) is 5.75 Å². The van der Waals surface area contributed by atoms with E-state index in [9.17, 15) is 14.0 Å². The summed E-state index contributed by atoms with van der Waals surface area (Å²) in [4.78, 5) is 32.1. The van der Waals surface area contributed by atoms with E-state index in [0.29, 0.717) is 17.4 Å². The fourth-order valence-electron chi connectivity index (χ4n) is 3.31. The van der Waals surface area contributed by atoms with Gasteiger partial charge in [-0.05, 0) is 54.1 Å². The van der Waals surface area contributed by atoms with Gasteiger partial charge in [0.1, 0.15) is 16.8 Å². The molecular weight excluding hydrogens is 441 g/mol. The smallest absolute Gasteiger partial charge is 0.242 e. The molecule has 168 valence electrons. The molecule has 0 aliphatic carbocycles. The van der Waals surface area contributed by atoms with E-state index in [4.69, 9.17) is 4.74 Å². The number of hydrogen-bond donors (Lipinski definition) is 1. The quantitative estimate of drug-likeness (QED) is 0.536. The van der Waals surface area contributed by atoms with Crippen molar-refractivity contribution in [2.75, 3.05) is 12.4 Å². The third-order valence-corrected chi connectivity index (χ3v) is 6.17. The summed E-state index contributed by atoms with van der Waals surface area (Å²) in [5, 5.41) is 2.65. The number of nitrogens with one attached hydrogen (secondary N) is 1. The van der Waals surface area contributed by atoms with Gasteiger partial charge in [-0.15, -0.1) is 0 Å². The highest BCUT2D eigenvalue weighted by molar-refractivity contribution is 8.15. The van der Waals surface area contributed by atoms with Crippen molar-refractivity contribution in [2.45, 2.75) is 18.2 Å². The second-order valence-corrected chi connectivity index (χ2v) is 8.54. The number of ether oxygens (including phenoxy) is 1. The molecule has 3 aromatic rings. The van der Waals surface area contributed by atoms with Crippen LogP contribution in [0.1, 0.15) is 12.0 Å². The fourth-order valence-corrected chi connectivity index (χ4v) is 4.47. The summed E-state index contributed by atoms with van der Waals surface area (Å²) >= 11 is 1.27. The van der Waals surface area contributed by atoms with Crippen LogP contribution in [0.2, 0.25) is 0 Å². The van der Waals surface area contributed by atoms with Crippen LogP contribution in [0.15, 0.2) is 83.9 Å². The maximum atomic E-state index is 13.2. The molecule has 1 aliphatic heterocycles. The van der Waals surface area contributed by atoms with E-state index in [1.807, 2.05) is 54.6 Å². The SMILES string of the molecule is COc1ccc(CN2C(=O)[C@@H](CC(=O)Nc3ccc(F)cc3)SC2=Nc2ccccc2)cc1. The van der Waals surface area contributed by atoms with E-state index in [2.05, 4.69) is 10.3 Å². The number of halogens is 1. The fraction of sp³-hybridized carbons (Fsp3) is 0.160. The molecule has 0 radical (unpaired) electrons. The van der Waals surface area contributed by atoms with Gasteiger partial charge < -0.3 is 10.1 Å². The van der Waals surface area contributed by atoms with Gasteiger partial charge in [-0.2, -0.15) is 0 Å². The van der Waals surface area contributed by atoms with Crippen molar-refractivity contribution in [1.29, 1.82) is 0 Å². The van der Waals surface area contributed by atoms with Crippen LogP contribution < -0.4 is 10.1 Å². The van der Waals surface area contributed by atoms with Crippen LogP contribution in [-0.2, 0) is 16.1 Å². The van der Waals surface area contributed by atoms with Crippen molar-refractivity contribution >= 4 is 40.1 Å². The molecule has 1 saturated heterocycles. The topological polar surface area (TPSA) is 71.0 Å². The molecule has 4 rings (SSSR count). The number of nitrogens with zero attached hydrogens (tertiary/aromatic N) is 2. The Balaban J connectivity index is 1.52. The molecule has 1 fully saturated rings. The van der Waals surface area contributed by atoms with Gasteiger partial charge in [-0.1, -0.05) is 42.1 Å². The highest BCUT2D eigenvalue weighted by Crippen LogP contribution is 2.33. The van der Waals surface area contributed by atoms with Crippen LogP contribution >= 0.6 is 11.8 Å². The zero-order valence-corrected chi connectivity index (χ0v) is 18.7. The predicted octanol–water partition coefficient (Wildman–Crippen LogP) is 4.99. The molecule has 3 aromatic carbocycles. The number of thioether (sulfide) groups is 1. The average molecular weight is 464 g/mol. The predicted molar refractivity (Wildman–Crippen MR) is 128 cm³/mol. The lowest BCUT2D eigenvalue weighted by Gasteiger charge is -2.17. The Morgan fingerprint density at radius 2 is 1.76 bits per heavy atom. The molecule has 33 heavy (non-hydrogen) atoms. The molecule has 0 bridgehead atoms. The van der Waals surface area contributed by atoms with Crippen LogP contribution in [0, 0.1) is 5.82 Å². The van der Waals surface area contributed by atoms with Gasteiger partial charge in [0.25, 0.3) is 0 Å². The number of carbonyl (C=O) groups is 2. The number of amides is 2. The summed E-state index contributed by atoms with van der Waals surface area (Å²) in [5.41, 5.74) is 2.12. The highest BCUT2D eigenvalue weighted by Gasteiger charge is 2.39. The second-order valence-electron chi connectivity index (χ2n) is 7.37. The number of para-hydroxylation sites is 1. The largest absolute Gasteiger partial charge is 0.497 e. The first-order valence-corrected chi connectivity index (χ1v) is 11.2. The molecule has 6 nitrogen and oxygen atoms in total. The Morgan fingerprint density at radius 1 is 1.06 bits per heavy atom. The monoisotopic (exact) mass is 463 g/mol. The molecule has 2 amide bonds. The zero-order valence-electron chi connectivity index (χ0n) is 17.9. The van der Waals surface area contributed by atoms with Gasteiger partial charge in [-0.25, -0.2) is 9.38 Å². The molecule has 1 N–H and O–H groups in total. The Kier molecular flexibility index (Phi) is 7.04. The molecule has 0 spiro atoms. The second kappa shape index (κ2) is 10.3. The highest BCUT2D eigenvalue weighted by atomic mass is 32.2. The third-order valence-electron chi connectivity index (χ3n) is 5.00. The molecule has 0 unspecified atom stereocenters. The lowest BCUT2D eigenvalue weighted by atomic mass is 10.2. The standard InChI is InChI=1S/C25H22FN3O3S/c1-32-21-13-7-17(8-14-21)16-29-24(31)22(33-25(29)28-19-5-3-2-4-6-19)15-23(30)27-20-11-9-18(26)10-12-20/h2-14,22H,15-16H2,1H3,(H,27,30)/t22-/m1/s1. The van der Waals surface area contributed by atoms with Gasteiger partial charge in [0, 0.05) is 12.1 Å². The van der Waals surface area contributed by atoms with Crippen LogP contribution in [-0.4, -0.2) is 34.2 Å². The van der Waals surface area contributed by atoms with Crippen molar-refractivity contribution < 1.29 is 18.7 Å². The van der Waals surface area contributed by atoms with Gasteiger partial charge in [0.15, 0.2) is 5.17 Å². The molecule has 0 saturated carbocycles. The number of anilines is 1. The summed E-state index contributed by atoms with van der Waals surface area (Å²) in [6.07, 6.45) is -0.0200. The van der Waals surface area contributed by atoms with E-state index in [-0.39, 0.29) is 24.1 Å². The van der Waals surface area contributed by atoms with Crippen molar-refractivity contribution in [1.82, 2.24) is 4.90 Å². The molecule has 8 heteroatoms. The average Bonchev–Trinajstić information content (AvgIpc) is 3.10. The Morgan fingerprint density at radius 3 is 2.42 bits per heavy atom. The van der Waals surface area contributed by atoms with Gasteiger partial charge in [0.05, 0.1) is 19.3 Å². The maximum Gasteiger partial charge on any atom is 0.242 e. The number of amidine groups is 1. The summed E-state index contributed by atoms with van der Waals surface area (Å²) < 4.78 is 18.3. The third kappa shape index (κ3) is 5.78. The first-order chi connectivity index (χ1) is 16.0. The number of aliphatic imine (C=N–C) groups is 1. The lowest BCUT2D eigenvalue weighted by Crippen LogP contribution is -2.33. The normalized spacial score (nSPS) is 16.8. The Hall–Kier alpha value is -3.65. The van der Waals surface area contributed by atoms with Crippen molar-refractivity contribution in [3.63, 3.8) is 0 Å². The van der Waals surface area contributed by atoms with Crippen molar-refractivity contribution in [2.24, 2.45) is 4.99 Å². The van der Waals surface area contributed by atoms with E-state index in [1.165, 1.54) is 36.0 Å². The number of benzene rings is 3. The van der Waals surface area contributed by atoms with E-state index < -0.39 is 5.25 Å². The van der Waals surface area contributed by atoms with E-state index >= 15 is 0 Å². The molecule has 0 aromatic heterocycles. The first kappa shape index (κ1) is 22.5. The van der Waals surface area contributed by atoms with Crippen molar-refractivity contribution in [3.05, 3.63) is 90.2 Å². The summed E-state index contributed by atoms with van der Waals surface area (Å²) in [6.45, 7) is 0.331. The minimum atomic E-state index is -0.605. The molecular formula is C25H22FN3O3S. The van der Waals surface area contributed by atoms with Crippen LogP contribution in [0.3, 0.4) is 0 Å². The Labute approximate surface area is 195 Å². The minimum absolute atomic E-state index is 0.0200. The van der Waals surface area contributed by atoms with E-state index in [0.717, 1.165) is 17.0 Å². The maximum absolute atomic E-state index is 13.2. The number of hydrogen-bond acceptors (Lipinski definition) is 5. The van der Waals surface area contributed by atoms with E-state index in [1.54, 1.807) is 12.0 Å². The molecule has 1 heterocycles. The van der Waals surface area contributed by atoms with Gasteiger partial charge in [-0.3, -0.25) is 14.5 Å². The Bertz CT molecular complexity index is 1150. The van der Waals surface area contributed by atoms with Crippen LogP contribution in [0.5, 0.6) is 5.75 Å². The minimum Gasteiger partial charge on any atom is -0.497 e. The lowest BCUT2D eigenvalue weighted by molar-refractivity contribution is -0.128.